The van der Waals surface area contributed by atoms with E-state index in [4.69, 9.17) is 4.74 Å². The summed E-state index contributed by atoms with van der Waals surface area (Å²) in [5, 5.41) is 13.7. The zero-order chi connectivity index (χ0) is 28.7. The van der Waals surface area contributed by atoms with Gasteiger partial charge in [-0.25, -0.2) is 0 Å². The minimum Gasteiger partial charge on any atom is -0.466 e. The van der Waals surface area contributed by atoms with Gasteiger partial charge in [0.1, 0.15) is 6.04 Å². The molecule has 3 heterocycles. The summed E-state index contributed by atoms with van der Waals surface area (Å²) < 4.78 is 4.18. The van der Waals surface area contributed by atoms with Gasteiger partial charge in [-0.1, -0.05) is 30.3 Å². The quantitative estimate of drug-likeness (QED) is 0.416. The minimum atomic E-state index is -0.865. The standard InChI is InChI=1S/C31H39N3O5S/c1-5-33(6-2)22-15-13-21(14-16-22)32-27(36)26-31-18-17-30(4,40-31)25(29(38)39-7-3)24(31)28(37)34(26)23(19-35)20-11-9-8-10-12-20/h8-16,23-26,35H,5-7,17-19H2,1-4H3,(H,32,36)/t23-,24+,25+,26?,30-,31?/m1/s1. The van der Waals surface area contributed by atoms with E-state index >= 15 is 0 Å². The fourth-order valence-corrected chi connectivity index (χ4v) is 9.50. The van der Waals surface area contributed by atoms with E-state index in [0.717, 1.165) is 24.3 Å². The summed E-state index contributed by atoms with van der Waals surface area (Å²) in [6, 6.07) is 15.4. The summed E-state index contributed by atoms with van der Waals surface area (Å²) in [6.07, 6.45) is 1.33. The molecule has 2 aromatic rings. The van der Waals surface area contributed by atoms with Crippen LogP contribution in [0.15, 0.2) is 54.6 Å². The number of rotatable bonds is 10. The number of anilines is 2. The number of amides is 2. The van der Waals surface area contributed by atoms with Gasteiger partial charge in [0.25, 0.3) is 0 Å². The van der Waals surface area contributed by atoms with Crippen molar-refractivity contribution in [2.75, 3.05) is 36.5 Å². The van der Waals surface area contributed by atoms with Crippen LogP contribution in [0.2, 0.25) is 0 Å². The van der Waals surface area contributed by atoms with E-state index in [1.165, 1.54) is 0 Å². The smallest absolute Gasteiger partial charge is 0.311 e. The number of ether oxygens (including phenoxy) is 1. The Morgan fingerprint density at radius 1 is 1.10 bits per heavy atom. The lowest BCUT2D eigenvalue weighted by Crippen LogP contribution is -2.52. The number of hydrogen-bond donors (Lipinski definition) is 2. The first kappa shape index (κ1) is 28.5. The Labute approximate surface area is 240 Å². The lowest BCUT2D eigenvalue weighted by Gasteiger charge is -2.37. The van der Waals surface area contributed by atoms with E-state index in [2.05, 4.69) is 24.1 Å². The molecule has 2 amide bonds. The van der Waals surface area contributed by atoms with E-state index in [9.17, 15) is 19.5 Å². The highest BCUT2D eigenvalue weighted by molar-refractivity contribution is 8.02. The van der Waals surface area contributed by atoms with E-state index < -0.39 is 33.4 Å². The van der Waals surface area contributed by atoms with E-state index in [0.29, 0.717) is 18.5 Å². The van der Waals surface area contributed by atoms with Gasteiger partial charge in [-0.2, -0.15) is 0 Å². The molecule has 2 unspecified atom stereocenters. The summed E-state index contributed by atoms with van der Waals surface area (Å²) in [5.41, 5.74) is 2.45. The van der Waals surface area contributed by atoms with Crippen LogP contribution in [0.4, 0.5) is 11.4 Å². The predicted molar refractivity (Wildman–Crippen MR) is 157 cm³/mol. The zero-order valence-electron chi connectivity index (χ0n) is 23.6. The number of fused-ring (bicyclic) bond motifs is 1. The molecular formula is C31H39N3O5S. The Bertz CT molecular complexity index is 1250. The Morgan fingerprint density at radius 3 is 2.38 bits per heavy atom. The maximum Gasteiger partial charge on any atom is 0.311 e. The van der Waals surface area contributed by atoms with Crippen LogP contribution in [0.1, 0.15) is 52.1 Å². The molecule has 6 atom stereocenters. The first-order chi connectivity index (χ1) is 19.2. The molecule has 5 rings (SSSR count). The molecule has 3 saturated heterocycles. The topological polar surface area (TPSA) is 99.2 Å². The van der Waals surface area contributed by atoms with Crippen LogP contribution in [0.25, 0.3) is 0 Å². The summed E-state index contributed by atoms with van der Waals surface area (Å²) in [6.45, 7) is 9.63. The third-order valence-corrected chi connectivity index (χ3v) is 10.9. The number of aliphatic hydroxyl groups is 1. The second kappa shape index (κ2) is 11.1. The highest BCUT2D eigenvalue weighted by Gasteiger charge is 2.78. The van der Waals surface area contributed by atoms with Crippen LogP contribution < -0.4 is 10.2 Å². The van der Waals surface area contributed by atoms with Crippen molar-refractivity contribution in [1.29, 1.82) is 0 Å². The summed E-state index contributed by atoms with van der Waals surface area (Å²) in [7, 11) is 0. The molecule has 2 N–H and O–H groups in total. The highest BCUT2D eigenvalue weighted by atomic mass is 32.2. The van der Waals surface area contributed by atoms with Crippen LogP contribution in [0.3, 0.4) is 0 Å². The molecule has 1 spiro atoms. The Morgan fingerprint density at radius 2 is 1.77 bits per heavy atom. The second-order valence-corrected chi connectivity index (χ2v) is 12.9. The van der Waals surface area contributed by atoms with Crippen LogP contribution in [0, 0.1) is 11.8 Å². The van der Waals surface area contributed by atoms with Gasteiger partial charge in [0.2, 0.25) is 11.8 Å². The summed E-state index contributed by atoms with van der Waals surface area (Å²) >= 11 is 1.59. The molecule has 214 valence electrons. The average molecular weight is 566 g/mol. The normalized spacial score (nSPS) is 29.3. The number of thioether (sulfide) groups is 1. The van der Waals surface area contributed by atoms with Crippen molar-refractivity contribution in [3.63, 3.8) is 0 Å². The Hall–Kier alpha value is -3.04. The third kappa shape index (κ3) is 4.47. The fraction of sp³-hybridized carbons (Fsp3) is 0.516. The fourth-order valence-electron chi connectivity index (χ4n) is 7.17. The van der Waals surface area contributed by atoms with Crippen molar-refractivity contribution in [2.24, 2.45) is 11.8 Å². The number of likely N-dealkylation sites (tertiary alicyclic amines) is 1. The van der Waals surface area contributed by atoms with Gasteiger partial charge < -0.3 is 25.0 Å². The van der Waals surface area contributed by atoms with E-state index in [-0.39, 0.29) is 31.0 Å². The maximum absolute atomic E-state index is 14.4. The molecule has 2 aromatic carbocycles. The maximum atomic E-state index is 14.4. The van der Waals surface area contributed by atoms with Crippen LogP contribution in [-0.2, 0) is 19.1 Å². The van der Waals surface area contributed by atoms with Gasteiger partial charge in [-0.05, 0) is 70.4 Å². The first-order valence-corrected chi connectivity index (χ1v) is 15.1. The number of carbonyl (C=O) groups excluding carboxylic acids is 3. The van der Waals surface area contributed by atoms with Gasteiger partial charge in [0, 0.05) is 29.2 Å². The van der Waals surface area contributed by atoms with Crippen molar-refractivity contribution in [2.45, 2.75) is 62.1 Å². The lowest BCUT2D eigenvalue weighted by atomic mass is 9.66. The molecule has 2 bridgehead atoms. The largest absolute Gasteiger partial charge is 0.466 e. The number of nitrogens with zero attached hydrogens (tertiary/aromatic N) is 2. The van der Waals surface area contributed by atoms with Crippen LogP contribution >= 0.6 is 11.8 Å². The lowest BCUT2D eigenvalue weighted by molar-refractivity contribution is -0.155. The van der Waals surface area contributed by atoms with Gasteiger partial charge in [0.15, 0.2) is 0 Å². The monoisotopic (exact) mass is 565 g/mol. The SMILES string of the molecule is CCOC(=O)[C@@H]1[C@H]2C(=O)N([C@H](CO)c3ccccc3)C(C(=O)Nc3ccc(N(CC)CC)cc3)C23CC[C@@]1(C)S3. The van der Waals surface area contributed by atoms with Crippen molar-refractivity contribution >= 4 is 40.9 Å². The average Bonchev–Trinajstić information content (AvgIpc) is 3.52. The Kier molecular flexibility index (Phi) is 7.90. The van der Waals surface area contributed by atoms with Crippen molar-refractivity contribution in [1.82, 2.24) is 4.90 Å². The molecule has 0 aromatic heterocycles. The number of benzene rings is 2. The first-order valence-electron chi connectivity index (χ1n) is 14.2. The van der Waals surface area contributed by atoms with Crippen LogP contribution in [0.5, 0.6) is 0 Å². The van der Waals surface area contributed by atoms with Gasteiger partial charge >= 0.3 is 5.97 Å². The van der Waals surface area contributed by atoms with Crippen molar-refractivity contribution < 1.29 is 24.2 Å². The molecular weight excluding hydrogens is 526 g/mol. The summed E-state index contributed by atoms with van der Waals surface area (Å²) in [5.74, 6) is -2.31. The zero-order valence-corrected chi connectivity index (χ0v) is 24.4. The number of hydrogen-bond acceptors (Lipinski definition) is 7. The molecule has 40 heavy (non-hydrogen) atoms. The van der Waals surface area contributed by atoms with Crippen molar-refractivity contribution in [3.8, 4) is 0 Å². The van der Waals surface area contributed by atoms with Crippen LogP contribution in [-0.4, -0.2) is 69.6 Å². The number of esters is 1. The van der Waals surface area contributed by atoms with E-state index in [1.807, 2.05) is 61.5 Å². The number of nitrogens with one attached hydrogen (secondary N) is 1. The number of aliphatic hydroxyl groups excluding tert-OH is 1. The second-order valence-electron chi connectivity index (χ2n) is 11.0. The molecule has 8 nitrogen and oxygen atoms in total. The van der Waals surface area contributed by atoms with E-state index in [1.54, 1.807) is 23.6 Å². The number of carbonyl (C=O) groups is 3. The molecule has 0 radical (unpaired) electrons. The molecule has 3 aliphatic rings. The predicted octanol–water partition coefficient (Wildman–Crippen LogP) is 4.25. The molecule has 3 aliphatic heterocycles. The summed E-state index contributed by atoms with van der Waals surface area (Å²) in [4.78, 5) is 45.7. The third-order valence-electron chi connectivity index (χ3n) is 8.96. The molecule has 9 heteroatoms. The molecule has 0 saturated carbocycles. The Balaban J connectivity index is 1.54. The van der Waals surface area contributed by atoms with Gasteiger partial charge in [0.05, 0.1) is 35.8 Å². The van der Waals surface area contributed by atoms with Gasteiger partial charge in [-0.15, -0.1) is 11.8 Å². The van der Waals surface area contributed by atoms with Crippen molar-refractivity contribution in [3.05, 3.63) is 60.2 Å². The van der Waals surface area contributed by atoms with Gasteiger partial charge in [-0.3, -0.25) is 14.4 Å². The highest BCUT2D eigenvalue weighted by Crippen LogP contribution is 2.72. The minimum absolute atomic E-state index is 0.227. The molecule has 0 aliphatic carbocycles. The molecule has 3 fully saturated rings.